The minimum absolute atomic E-state index is 0.0678. The summed E-state index contributed by atoms with van der Waals surface area (Å²) >= 11 is 6.02. The molecule has 0 aliphatic rings. The molecule has 0 aliphatic carbocycles. The lowest BCUT2D eigenvalue weighted by atomic mass is 10.3. The highest BCUT2D eigenvalue weighted by Crippen LogP contribution is 2.34. The lowest BCUT2D eigenvalue weighted by molar-refractivity contribution is -0.274. The Balaban J connectivity index is 1.69. The third kappa shape index (κ3) is 7.57. The van der Waals surface area contributed by atoms with E-state index in [0.717, 1.165) is 6.04 Å². The van der Waals surface area contributed by atoms with Crippen molar-refractivity contribution in [2.45, 2.75) is 32.0 Å². The van der Waals surface area contributed by atoms with Crippen molar-refractivity contribution in [1.82, 2.24) is 24.5 Å². The number of imidazole rings is 1. The molecule has 4 aromatic rings. The van der Waals surface area contributed by atoms with Gasteiger partial charge in [-0.3, -0.25) is 9.47 Å². The summed E-state index contributed by atoms with van der Waals surface area (Å²) < 4.78 is 55.4. The number of fused-ring (bicyclic) bond motifs is 1. The van der Waals surface area contributed by atoms with E-state index in [2.05, 4.69) is 39.3 Å². The van der Waals surface area contributed by atoms with Crippen LogP contribution in [0.3, 0.4) is 0 Å². The lowest BCUT2D eigenvalue weighted by Gasteiger charge is -2.25. The van der Waals surface area contributed by atoms with Gasteiger partial charge in [-0.05, 0) is 48.0 Å². The second-order valence-electron chi connectivity index (χ2n) is 10.4. The molecule has 0 saturated carbocycles. The number of halogens is 4. The van der Waals surface area contributed by atoms with E-state index < -0.39 is 14.4 Å². The van der Waals surface area contributed by atoms with E-state index in [9.17, 15) is 13.2 Å². The lowest BCUT2D eigenvalue weighted by Crippen LogP contribution is -2.27. The number of aryl methyl sites for hydroxylation is 1. The summed E-state index contributed by atoms with van der Waals surface area (Å²) in [4.78, 5) is 21.2. The third-order valence-electron chi connectivity index (χ3n) is 6.14. The van der Waals surface area contributed by atoms with Gasteiger partial charge in [0.2, 0.25) is 11.2 Å². The number of ether oxygens (including phenoxy) is 3. The molecule has 41 heavy (non-hydrogen) atoms. The molecule has 15 heteroatoms. The molecule has 220 valence electrons. The van der Waals surface area contributed by atoms with E-state index in [1.54, 1.807) is 27.6 Å². The molecule has 0 unspecified atom stereocenters. The first-order valence-corrected chi connectivity index (χ1v) is 16.7. The number of benzene rings is 1. The van der Waals surface area contributed by atoms with Crippen LogP contribution in [0.4, 0.5) is 36.3 Å². The average Bonchev–Trinajstić information content (AvgIpc) is 3.22. The maximum absolute atomic E-state index is 12.7. The van der Waals surface area contributed by atoms with Crippen LogP contribution in [0, 0.1) is 0 Å². The summed E-state index contributed by atoms with van der Waals surface area (Å²) in [5, 5.41) is 0.0678. The summed E-state index contributed by atoms with van der Waals surface area (Å²) in [5.74, 6) is 1.05. The van der Waals surface area contributed by atoms with Gasteiger partial charge < -0.3 is 19.1 Å². The topological polar surface area (TPSA) is 90.7 Å². The number of anilines is 4. The van der Waals surface area contributed by atoms with E-state index in [-0.39, 0.29) is 17.8 Å². The molecular weight excluding hydrogens is 579 g/mol. The molecule has 3 heterocycles. The monoisotopic (exact) mass is 609 g/mol. The van der Waals surface area contributed by atoms with E-state index >= 15 is 0 Å². The number of rotatable bonds is 11. The highest BCUT2D eigenvalue weighted by Gasteiger charge is 2.31. The molecule has 0 radical (unpaired) electrons. The second-order valence-corrected chi connectivity index (χ2v) is 16.4. The van der Waals surface area contributed by atoms with Crippen molar-refractivity contribution in [2.75, 3.05) is 37.3 Å². The van der Waals surface area contributed by atoms with Gasteiger partial charge in [0, 0.05) is 34.5 Å². The standard InChI is InChI=1S/C26H31ClF3N7O3Si/c1-35(23-21(38-3)15-32-24(27)34-23)18-13-20-22(31-14-18)36(2)25(33-20)37(16-39-11-12-41(4,5)6)17-7-9-19(10-8-17)40-26(28,29)30/h7-10,13-15H,11-12,16H2,1-6H3. The van der Waals surface area contributed by atoms with Crippen molar-refractivity contribution < 1.29 is 27.4 Å². The Kier molecular flexibility index (Phi) is 8.94. The molecule has 3 aromatic heterocycles. The van der Waals surface area contributed by atoms with E-state index in [1.807, 2.05) is 13.1 Å². The number of pyridine rings is 1. The zero-order chi connectivity index (χ0) is 29.9. The number of methoxy groups -OCH3 is 1. The maximum atomic E-state index is 12.7. The van der Waals surface area contributed by atoms with Gasteiger partial charge in [0.25, 0.3) is 0 Å². The maximum Gasteiger partial charge on any atom is 0.573 e. The van der Waals surface area contributed by atoms with Gasteiger partial charge in [0.05, 0.1) is 25.2 Å². The van der Waals surface area contributed by atoms with Crippen LogP contribution < -0.4 is 19.3 Å². The normalized spacial score (nSPS) is 12.0. The number of nitrogens with zero attached hydrogens (tertiary/aromatic N) is 7. The SMILES string of the molecule is COc1cnc(Cl)nc1N(C)c1cnc2c(c1)nc(N(COCC[Si](C)(C)C)c1ccc(OC(F)(F)F)cc1)n2C. The molecule has 0 aliphatic heterocycles. The van der Waals surface area contributed by atoms with Gasteiger partial charge >= 0.3 is 6.36 Å². The quantitative estimate of drug-likeness (QED) is 0.0814. The molecule has 0 amide bonds. The van der Waals surface area contributed by atoms with Crippen LogP contribution in [-0.2, 0) is 11.8 Å². The predicted octanol–water partition coefficient (Wildman–Crippen LogP) is 6.54. The Morgan fingerprint density at radius 1 is 1.02 bits per heavy atom. The Morgan fingerprint density at radius 3 is 2.37 bits per heavy atom. The first-order chi connectivity index (χ1) is 19.3. The van der Waals surface area contributed by atoms with E-state index in [1.165, 1.54) is 37.6 Å². The molecule has 0 atom stereocenters. The average molecular weight is 610 g/mol. The zero-order valence-corrected chi connectivity index (χ0v) is 25.3. The first kappa shape index (κ1) is 30.3. The largest absolute Gasteiger partial charge is 0.573 e. The summed E-state index contributed by atoms with van der Waals surface area (Å²) in [6.45, 7) is 7.44. The number of alkyl halides is 3. The Morgan fingerprint density at radius 2 is 1.73 bits per heavy atom. The van der Waals surface area contributed by atoms with Gasteiger partial charge in [-0.25, -0.2) is 15.0 Å². The minimum Gasteiger partial charge on any atom is -0.491 e. The Hall–Kier alpha value is -3.62. The van der Waals surface area contributed by atoms with Crippen LogP contribution in [0.5, 0.6) is 11.5 Å². The Labute approximate surface area is 241 Å². The molecule has 0 bridgehead atoms. The highest BCUT2D eigenvalue weighted by molar-refractivity contribution is 6.76. The highest BCUT2D eigenvalue weighted by atomic mass is 35.5. The summed E-state index contributed by atoms with van der Waals surface area (Å²) in [7, 11) is 3.77. The molecule has 0 N–H and O–H groups in total. The van der Waals surface area contributed by atoms with Gasteiger partial charge in [-0.2, -0.15) is 4.98 Å². The number of aromatic nitrogens is 5. The summed E-state index contributed by atoms with van der Waals surface area (Å²) in [5.41, 5.74) is 2.41. The van der Waals surface area contributed by atoms with E-state index in [0.29, 0.717) is 46.7 Å². The van der Waals surface area contributed by atoms with Crippen LogP contribution >= 0.6 is 11.6 Å². The van der Waals surface area contributed by atoms with Crippen LogP contribution in [-0.4, -0.2) is 66.4 Å². The number of hydrogen-bond acceptors (Lipinski definition) is 9. The van der Waals surface area contributed by atoms with Crippen molar-refractivity contribution in [3.8, 4) is 11.5 Å². The van der Waals surface area contributed by atoms with Gasteiger partial charge in [0.15, 0.2) is 17.2 Å². The summed E-state index contributed by atoms with van der Waals surface area (Å²) in [6.07, 6.45) is -1.63. The van der Waals surface area contributed by atoms with Gasteiger partial charge in [0.1, 0.15) is 18.0 Å². The Bertz CT molecular complexity index is 1500. The predicted molar refractivity (Wildman–Crippen MR) is 154 cm³/mol. The molecule has 4 rings (SSSR count). The molecule has 0 saturated heterocycles. The van der Waals surface area contributed by atoms with Crippen LogP contribution in [0.1, 0.15) is 0 Å². The van der Waals surface area contributed by atoms with Crippen molar-refractivity contribution in [2.24, 2.45) is 7.05 Å². The van der Waals surface area contributed by atoms with Gasteiger partial charge in [-0.15, -0.1) is 13.2 Å². The zero-order valence-electron chi connectivity index (χ0n) is 23.5. The third-order valence-corrected chi connectivity index (χ3v) is 8.03. The van der Waals surface area contributed by atoms with Crippen LogP contribution in [0.25, 0.3) is 11.2 Å². The molecule has 0 fully saturated rings. The second kappa shape index (κ2) is 12.1. The molecule has 0 spiro atoms. The van der Waals surface area contributed by atoms with Crippen molar-refractivity contribution >= 4 is 54.0 Å². The van der Waals surface area contributed by atoms with Crippen LogP contribution in [0.2, 0.25) is 31.0 Å². The van der Waals surface area contributed by atoms with Crippen LogP contribution in [0.15, 0.2) is 42.7 Å². The fourth-order valence-electron chi connectivity index (χ4n) is 3.94. The number of hydrogen-bond donors (Lipinski definition) is 0. The van der Waals surface area contributed by atoms with Gasteiger partial charge in [-0.1, -0.05) is 19.6 Å². The summed E-state index contributed by atoms with van der Waals surface area (Å²) in [6, 6.07) is 8.36. The van der Waals surface area contributed by atoms with Crippen molar-refractivity contribution in [3.05, 3.63) is 48.0 Å². The van der Waals surface area contributed by atoms with E-state index in [4.69, 9.17) is 26.1 Å². The minimum atomic E-state index is -4.78. The van der Waals surface area contributed by atoms with Crippen molar-refractivity contribution in [3.63, 3.8) is 0 Å². The molecule has 1 aromatic carbocycles. The first-order valence-electron chi connectivity index (χ1n) is 12.6. The smallest absolute Gasteiger partial charge is 0.491 e. The molecular formula is C26H31ClF3N7O3Si. The molecule has 10 nitrogen and oxygen atoms in total. The fraction of sp³-hybridized carbons (Fsp3) is 0.385. The fourth-order valence-corrected chi connectivity index (χ4v) is 4.82. The van der Waals surface area contributed by atoms with Crippen molar-refractivity contribution in [1.29, 1.82) is 0 Å².